The van der Waals surface area contributed by atoms with Crippen molar-refractivity contribution in [2.75, 3.05) is 4.90 Å². The van der Waals surface area contributed by atoms with Crippen LogP contribution in [-0.4, -0.2) is 0 Å². The Morgan fingerprint density at radius 3 is 1.56 bits per heavy atom. The third-order valence-electron chi connectivity index (χ3n) is 11.7. The highest BCUT2D eigenvalue weighted by Gasteiger charge is 2.39. The molecule has 0 fully saturated rings. The van der Waals surface area contributed by atoms with Gasteiger partial charge in [-0.05, 0) is 109 Å². The second-order valence-electron chi connectivity index (χ2n) is 17.9. The number of fused-ring (bicyclic) bond motifs is 6. The van der Waals surface area contributed by atoms with Gasteiger partial charge in [0.05, 0.1) is 5.69 Å². The van der Waals surface area contributed by atoms with Gasteiger partial charge in [-0.25, -0.2) is 0 Å². The van der Waals surface area contributed by atoms with Crippen LogP contribution in [0.4, 0.5) is 17.1 Å². The fourth-order valence-corrected chi connectivity index (χ4v) is 10.0. The van der Waals surface area contributed by atoms with E-state index in [0.717, 1.165) is 11.4 Å². The van der Waals surface area contributed by atoms with Gasteiger partial charge in [0, 0.05) is 42.5 Å². The van der Waals surface area contributed by atoms with Crippen LogP contribution in [0.3, 0.4) is 0 Å². The highest BCUT2D eigenvalue weighted by atomic mass is 32.1. The molecule has 1 aromatic heterocycles. The van der Waals surface area contributed by atoms with Crippen LogP contribution in [0.15, 0.2) is 152 Å². The largest absolute Gasteiger partial charge is 0.310 e. The van der Waals surface area contributed by atoms with E-state index in [1.54, 1.807) is 0 Å². The Labute approximate surface area is 330 Å². The quantitative estimate of drug-likeness (QED) is 0.170. The summed E-state index contributed by atoms with van der Waals surface area (Å²) in [7, 11) is 0. The molecule has 0 aliphatic heterocycles. The highest BCUT2D eigenvalue weighted by Crippen LogP contribution is 2.56. The number of hydrogen-bond donors (Lipinski definition) is 0. The van der Waals surface area contributed by atoms with Crippen LogP contribution < -0.4 is 4.90 Å². The normalized spacial score (nSPS) is 13.6. The fourth-order valence-electron chi connectivity index (χ4n) is 8.61. The van der Waals surface area contributed by atoms with Crippen LogP contribution in [0.2, 0.25) is 0 Å². The van der Waals surface area contributed by atoms with E-state index in [1.807, 2.05) is 11.3 Å². The third kappa shape index (κ3) is 5.99. The Bertz CT molecular complexity index is 2620. The van der Waals surface area contributed by atoms with Crippen molar-refractivity contribution in [1.29, 1.82) is 0 Å². The molecule has 272 valence electrons. The molecule has 1 aliphatic carbocycles. The van der Waals surface area contributed by atoms with Gasteiger partial charge in [-0.3, -0.25) is 0 Å². The van der Waals surface area contributed by atoms with E-state index in [1.165, 1.54) is 81.5 Å². The van der Waals surface area contributed by atoms with Crippen molar-refractivity contribution >= 4 is 48.6 Å². The SMILES string of the molecule is CC(C)(C)c1cc(C(C)(C)C)c2sc3cc4c(cc3c2c1)-c1c(N(c2ccc(-c3ccccc3)cc2)c2ccc(-c3ccccc3)cc2)cccc1C4(C)C. The lowest BCUT2D eigenvalue weighted by Crippen LogP contribution is -2.16. The first-order valence-electron chi connectivity index (χ1n) is 19.6. The van der Waals surface area contributed by atoms with Crippen molar-refractivity contribution in [2.45, 2.75) is 71.6 Å². The van der Waals surface area contributed by atoms with E-state index in [0.29, 0.717) is 0 Å². The molecule has 0 unspecified atom stereocenters. The van der Waals surface area contributed by atoms with Crippen LogP contribution in [0.5, 0.6) is 0 Å². The molecule has 1 heterocycles. The van der Waals surface area contributed by atoms with Gasteiger partial charge in [0.2, 0.25) is 0 Å². The summed E-state index contributed by atoms with van der Waals surface area (Å²) in [4.78, 5) is 2.47. The first-order chi connectivity index (χ1) is 26.3. The van der Waals surface area contributed by atoms with E-state index in [9.17, 15) is 0 Å². The molecule has 1 aliphatic rings. The van der Waals surface area contributed by atoms with Gasteiger partial charge in [-0.2, -0.15) is 0 Å². The smallest absolute Gasteiger partial charge is 0.0543 e. The molecule has 55 heavy (non-hydrogen) atoms. The minimum absolute atomic E-state index is 0.0365. The molecule has 7 aromatic carbocycles. The molecule has 9 rings (SSSR count). The van der Waals surface area contributed by atoms with Crippen molar-refractivity contribution in [3.05, 3.63) is 174 Å². The van der Waals surface area contributed by atoms with Crippen LogP contribution in [-0.2, 0) is 16.2 Å². The molecular formula is C53H49NS. The molecule has 0 bridgehead atoms. The van der Waals surface area contributed by atoms with Crippen molar-refractivity contribution < 1.29 is 0 Å². The predicted octanol–water partition coefficient (Wildman–Crippen LogP) is 15.8. The summed E-state index contributed by atoms with van der Waals surface area (Å²) in [6, 6.07) is 56.5. The Kier molecular flexibility index (Phi) is 8.22. The zero-order chi connectivity index (χ0) is 38.3. The Balaban J connectivity index is 1.27. The standard InChI is InChI=1S/C53H49NS/c1-51(2,3)38-30-42-41-32-43-45(33-48(41)55-50(42)46(31-38)52(4,5)6)53(7,8)44-20-15-21-47(49(43)44)54(39-26-22-36(23-27-39)34-16-11-9-12-17-34)40-28-24-37(25-29-40)35-18-13-10-14-19-35/h9-33H,1-8H3. The number of hydrogen-bond acceptors (Lipinski definition) is 2. The molecule has 0 spiro atoms. The Morgan fingerprint density at radius 2 is 1.04 bits per heavy atom. The molecular weight excluding hydrogens is 683 g/mol. The number of benzene rings is 7. The monoisotopic (exact) mass is 731 g/mol. The summed E-state index contributed by atoms with van der Waals surface area (Å²) in [5.74, 6) is 0. The predicted molar refractivity (Wildman–Crippen MR) is 240 cm³/mol. The van der Waals surface area contributed by atoms with Crippen molar-refractivity contribution in [3.63, 3.8) is 0 Å². The number of nitrogens with zero attached hydrogens (tertiary/aromatic N) is 1. The van der Waals surface area contributed by atoms with Crippen molar-refractivity contribution in [2.24, 2.45) is 0 Å². The second kappa shape index (κ2) is 12.8. The van der Waals surface area contributed by atoms with Crippen molar-refractivity contribution in [3.8, 4) is 33.4 Å². The summed E-state index contributed by atoms with van der Waals surface area (Å²) in [6.45, 7) is 18.9. The topological polar surface area (TPSA) is 3.24 Å². The summed E-state index contributed by atoms with van der Waals surface area (Å²) >= 11 is 1.97. The molecule has 0 atom stereocenters. The van der Waals surface area contributed by atoms with Crippen LogP contribution in [0.1, 0.15) is 77.6 Å². The lowest BCUT2D eigenvalue weighted by atomic mass is 9.79. The minimum Gasteiger partial charge on any atom is -0.310 e. The second-order valence-corrected chi connectivity index (χ2v) is 18.9. The van der Waals surface area contributed by atoms with Crippen LogP contribution in [0.25, 0.3) is 53.6 Å². The van der Waals surface area contributed by atoms with Crippen LogP contribution in [0, 0.1) is 0 Å². The van der Waals surface area contributed by atoms with E-state index in [-0.39, 0.29) is 16.2 Å². The van der Waals surface area contributed by atoms with E-state index >= 15 is 0 Å². The van der Waals surface area contributed by atoms with Gasteiger partial charge in [0.15, 0.2) is 0 Å². The third-order valence-corrected chi connectivity index (χ3v) is 13.0. The molecule has 1 nitrogen and oxygen atoms in total. The lowest BCUT2D eigenvalue weighted by Gasteiger charge is -2.29. The molecule has 0 amide bonds. The number of anilines is 3. The van der Waals surface area contributed by atoms with Gasteiger partial charge in [0.25, 0.3) is 0 Å². The average molecular weight is 732 g/mol. The van der Waals surface area contributed by atoms with E-state index < -0.39 is 0 Å². The van der Waals surface area contributed by atoms with Gasteiger partial charge < -0.3 is 4.90 Å². The highest BCUT2D eigenvalue weighted by molar-refractivity contribution is 7.26. The molecule has 0 N–H and O–H groups in total. The van der Waals surface area contributed by atoms with Crippen molar-refractivity contribution in [1.82, 2.24) is 0 Å². The van der Waals surface area contributed by atoms with Gasteiger partial charge >= 0.3 is 0 Å². The first kappa shape index (κ1) is 35.3. The summed E-state index contributed by atoms with van der Waals surface area (Å²) in [6.07, 6.45) is 0. The van der Waals surface area contributed by atoms with Gasteiger partial charge in [0.1, 0.15) is 0 Å². The van der Waals surface area contributed by atoms with Gasteiger partial charge in [-0.15, -0.1) is 11.3 Å². The maximum absolute atomic E-state index is 2.54. The number of thiophene rings is 1. The maximum atomic E-state index is 2.54. The summed E-state index contributed by atoms with van der Waals surface area (Å²) in [5, 5.41) is 2.74. The van der Waals surface area contributed by atoms with E-state index in [2.05, 4.69) is 212 Å². The molecule has 0 saturated carbocycles. The zero-order valence-electron chi connectivity index (χ0n) is 33.3. The lowest BCUT2D eigenvalue weighted by molar-refractivity contribution is 0.573. The fraction of sp³-hybridized carbons (Fsp3) is 0.208. The average Bonchev–Trinajstić information content (AvgIpc) is 3.65. The summed E-state index contributed by atoms with van der Waals surface area (Å²) in [5.41, 5.74) is 16.6. The molecule has 0 saturated heterocycles. The zero-order valence-corrected chi connectivity index (χ0v) is 34.1. The molecule has 2 heteroatoms. The minimum atomic E-state index is -0.158. The number of rotatable bonds is 5. The molecule has 8 aromatic rings. The van der Waals surface area contributed by atoms with Crippen LogP contribution >= 0.6 is 11.3 Å². The Hall–Kier alpha value is -5.44. The maximum Gasteiger partial charge on any atom is 0.0543 e. The summed E-state index contributed by atoms with van der Waals surface area (Å²) < 4.78 is 2.79. The van der Waals surface area contributed by atoms with Gasteiger partial charge in [-0.1, -0.05) is 159 Å². The first-order valence-corrected chi connectivity index (χ1v) is 20.4. The van der Waals surface area contributed by atoms with E-state index in [4.69, 9.17) is 0 Å². The Morgan fingerprint density at radius 1 is 0.491 bits per heavy atom. The molecule has 0 radical (unpaired) electrons.